The average molecular weight is 400 g/mol. The minimum atomic E-state index is -0.570. The standard InChI is InChI=1S/C20H18ClN3O4/c21-17-8-6-13(11-18(17)24(26)27)19-9-7-16(28-19)10-14(12-22)20(25)23-15-4-2-1-3-5-15/h6-11,15H,1-5H2,(H,23,25)/b14-10+. The number of amides is 1. The van der Waals surface area contributed by atoms with Gasteiger partial charge in [0, 0.05) is 23.7 Å². The number of nitrogens with one attached hydrogen (secondary N) is 1. The van der Waals surface area contributed by atoms with Crippen LogP contribution in [0.15, 0.2) is 40.3 Å². The van der Waals surface area contributed by atoms with Crippen LogP contribution in [-0.2, 0) is 4.79 Å². The number of halogens is 1. The molecule has 0 bridgehead atoms. The van der Waals surface area contributed by atoms with Crippen molar-refractivity contribution in [3.05, 3.63) is 56.8 Å². The summed E-state index contributed by atoms with van der Waals surface area (Å²) in [4.78, 5) is 22.8. The second-order valence-corrected chi connectivity index (χ2v) is 7.01. The van der Waals surface area contributed by atoms with Gasteiger partial charge in [-0.2, -0.15) is 5.26 Å². The van der Waals surface area contributed by atoms with Gasteiger partial charge in [0.15, 0.2) is 0 Å². The lowest BCUT2D eigenvalue weighted by Gasteiger charge is -2.22. The number of nitrogens with zero attached hydrogens (tertiary/aromatic N) is 2. The normalized spacial score (nSPS) is 15.1. The lowest BCUT2D eigenvalue weighted by atomic mass is 9.95. The van der Waals surface area contributed by atoms with Gasteiger partial charge in [-0.1, -0.05) is 30.9 Å². The molecule has 0 saturated heterocycles. The highest BCUT2D eigenvalue weighted by Crippen LogP contribution is 2.31. The van der Waals surface area contributed by atoms with E-state index in [1.807, 2.05) is 6.07 Å². The summed E-state index contributed by atoms with van der Waals surface area (Å²) in [5, 5.41) is 23.3. The van der Waals surface area contributed by atoms with Crippen molar-refractivity contribution in [3.8, 4) is 17.4 Å². The Bertz CT molecular complexity index is 968. The highest BCUT2D eigenvalue weighted by molar-refractivity contribution is 6.32. The molecule has 8 heteroatoms. The van der Waals surface area contributed by atoms with E-state index >= 15 is 0 Å². The molecule has 2 aromatic rings. The van der Waals surface area contributed by atoms with Crippen molar-refractivity contribution in [2.75, 3.05) is 0 Å². The largest absolute Gasteiger partial charge is 0.457 e. The molecular weight excluding hydrogens is 382 g/mol. The molecule has 144 valence electrons. The Labute approximate surface area is 166 Å². The van der Waals surface area contributed by atoms with Crippen LogP contribution in [0.25, 0.3) is 17.4 Å². The molecule has 0 spiro atoms. The first-order valence-corrected chi connectivity index (χ1v) is 9.32. The smallest absolute Gasteiger partial charge is 0.288 e. The van der Waals surface area contributed by atoms with E-state index in [0.717, 1.165) is 25.7 Å². The van der Waals surface area contributed by atoms with Crippen molar-refractivity contribution in [1.29, 1.82) is 5.26 Å². The van der Waals surface area contributed by atoms with Gasteiger partial charge in [-0.15, -0.1) is 0 Å². The van der Waals surface area contributed by atoms with Gasteiger partial charge in [0.25, 0.3) is 11.6 Å². The second kappa shape index (κ2) is 8.72. The third-order valence-corrected chi connectivity index (χ3v) is 4.97. The van der Waals surface area contributed by atoms with E-state index in [0.29, 0.717) is 17.1 Å². The molecule has 1 aromatic heterocycles. The maximum absolute atomic E-state index is 12.3. The lowest BCUT2D eigenvalue weighted by molar-refractivity contribution is -0.384. The van der Waals surface area contributed by atoms with Gasteiger partial charge >= 0.3 is 0 Å². The maximum Gasteiger partial charge on any atom is 0.288 e. The van der Waals surface area contributed by atoms with Crippen molar-refractivity contribution in [3.63, 3.8) is 0 Å². The maximum atomic E-state index is 12.3. The molecule has 0 radical (unpaired) electrons. The zero-order valence-electron chi connectivity index (χ0n) is 15.0. The predicted octanol–water partition coefficient (Wildman–Crippen LogP) is 4.86. The number of nitro groups is 1. The number of carbonyl (C=O) groups is 1. The molecule has 1 aromatic carbocycles. The zero-order valence-corrected chi connectivity index (χ0v) is 15.7. The number of nitriles is 1. The molecular formula is C20H18ClN3O4. The van der Waals surface area contributed by atoms with Crippen LogP contribution >= 0.6 is 11.6 Å². The Morgan fingerprint density at radius 1 is 1.29 bits per heavy atom. The van der Waals surface area contributed by atoms with Gasteiger partial charge in [0.05, 0.1) is 4.92 Å². The van der Waals surface area contributed by atoms with E-state index < -0.39 is 10.8 Å². The number of benzene rings is 1. The summed E-state index contributed by atoms with van der Waals surface area (Å²) in [7, 11) is 0. The van der Waals surface area contributed by atoms with Crippen LogP contribution in [0, 0.1) is 21.4 Å². The first kappa shape index (κ1) is 19.6. The van der Waals surface area contributed by atoms with E-state index in [1.54, 1.807) is 18.2 Å². The third kappa shape index (κ3) is 4.59. The van der Waals surface area contributed by atoms with E-state index in [4.69, 9.17) is 16.0 Å². The monoisotopic (exact) mass is 399 g/mol. The van der Waals surface area contributed by atoms with E-state index in [9.17, 15) is 20.2 Å². The summed E-state index contributed by atoms with van der Waals surface area (Å²) in [6.07, 6.45) is 6.53. The third-order valence-electron chi connectivity index (χ3n) is 4.65. The van der Waals surface area contributed by atoms with Crippen molar-refractivity contribution < 1.29 is 14.1 Å². The van der Waals surface area contributed by atoms with E-state index in [-0.39, 0.29) is 22.3 Å². The van der Waals surface area contributed by atoms with Gasteiger partial charge in [-0.25, -0.2) is 0 Å². The van der Waals surface area contributed by atoms with E-state index in [2.05, 4.69) is 5.32 Å². The highest BCUT2D eigenvalue weighted by Gasteiger charge is 2.19. The molecule has 3 rings (SSSR count). The van der Waals surface area contributed by atoms with E-state index in [1.165, 1.54) is 24.6 Å². The fourth-order valence-electron chi connectivity index (χ4n) is 3.19. The van der Waals surface area contributed by atoms with Crippen molar-refractivity contribution in [1.82, 2.24) is 5.32 Å². The number of rotatable bonds is 5. The molecule has 0 aliphatic heterocycles. The molecule has 1 amide bonds. The minimum Gasteiger partial charge on any atom is -0.457 e. The van der Waals surface area contributed by atoms with Crippen molar-refractivity contribution in [2.24, 2.45) is 0 Å². The fourth-order valence-corrected chi connectivity index (χ4v) is 3.38. The summed E-state index contributed by atoms with van der Waals surface area (Å²) < 4.78 is 5.64. The topological polar surface area (TPSA) is 109 Å². The van der Waals surface area contributed by atoms with Gasteiger partial charge in [0.2, 0.25) is 0 Å². The Kier molecular flexibility index (Phi) is 6.12. The molecule has 7 nitrogen and oxygen atoms in total. The molecule has 1 saturated carbocycles. The molecule has 1 aliphatic carbocycles. The van der Waals surface area contributed by atoms with Gasteiger partial charge < -0.3 is 9.73 Å². The Balaban J connectivity index is 1.78. The van der Waals surface area contributed by atoms with Crippen LogP contribution < -0.4 is 5.32 Å². The molecule has 1 heterocycles. The highest BCUT2D eigenvalue weighted by atomic mass is 35.5. The van der Waals surface area contributed by atoms with Crippen molar-refractivity contribution >= 4 is 29.3 Å². The molecule has 0 atom stereocenters. The van der Waals surface area contributed by atoms with Crippen LogP contribution in [0.5, 0.6) is 0 Å². The first-order chi connectivity index (χ1) is 13.5. The molecule has 1 fully saturated rings. The Morgan fingerprint density at radius 2 is 2.04 bits per heavy atom. The summed E-state index contributed by atoms with van der Waals surface area (Å²) in [5.74, 6) is 0.258. The van der Waals surface area contributed by atoms with Gasteiger partial charge in [0.1, 0.15) is 28.2 Å². The van der Waals surface area contributed by atoms with Crippen LogP contribution in [-0.4, -0.2) is 16.9 Å². The van der Waals surface area contributed by atoms with Crippen LogP contribution in [0.2, 0.25) is 5.02 Å². The fraction of sp³-hybridized carbons (Fsp3) is 0.300. The van der Waals surface area contributed by atoms with Crippen LogP contribution in [0.1, 0.15) is 37.9 Å². The second-order valence-electron chi connectivity index (χ2n) is 6.60. The van der Waals surface area contributed by atoms with Crippen LogP contribution in [0.4, 0.5) is 5.69 Å². The lowest BCUT2D eigenvalue weighted by Crippen LogP contribution is -2.36. The number of hydrogen-bond acceptors (Lipinski definition) is 5. The summed E-state index contributed by atoms with van der Waals surface area (Å²) in [6, 6.07) is 9.55. The Hall–Kier alpha value is -3.11. The van der Waals surface area contributed by atoms with Crippen LogP contribution in [0.3, 0.4) is 0 Å². The number of hydrogen-bond donors (Lipinski definition) is 1. The first-order valence-electron chi connectivity index (χ1n) is 8.94. The number of furan rings is 1. The minimum absolute atomic E-state index is 0.0339. The zero-order chi connectivity index (χ0) is 20.1. The summed E-state index contributed by atoms with van der Waals surface area (Å²) in [6.45, 7) is 0. The number of nitro benzene ring substituents is 1. The molecule has 1 N–H and O–H groups in total. The predicted molar refractivity (Wildman–Crippen MR) is 104 cm³/mol. The van der Waals surface area contributed by atoms with Gasteiger partial charge in [-0.3, -0.25) is 14.9 Å². The quantitative estimate of drug-likeness (QED) is 0.334. The molecule has 1 aliphatic rings. The molecule has 0 unspecified atom stereocenters. The SMILES string of the molecule is N#C/C(=C\c1ccc(-c2ccc(Cl)c([N+](=O)[O-])c2)o1)C(=O)NC1CCCCC1. The number of carbonyl (C=O) groups excluding carboxylic acids is 1. The summed E-state index contributed by atoms with van der Waals surface area (Å²) in [5.41, 5.74) is 0.201. The Morgan fingerprint density at radius 3 is 2.71 bits per heavy atom. The average Bonchev–Trinajstić information content (AvgIpc) is 3.15. The molecule has 28 heavy (non-hydrogen) atoms. The van der Waals surface area contributed by atoms with Crippen molar-refractivity contribution in [2.45, 2.75) is 38.1 Å². The summed E-state index contributed by atoms with van der Waals surface area (Å²) >= 11 is 5.82. The van der Waals surface area contributed by atoms with Gasteiger partial charge in [-0.05, 0) is 37.1 Å².